The highest BCUT2D eigenvalue weighted by molar-refractivity contribution is 7.90. The molecule has 0 spiro atoms. The Morgan fingerprint density at radius 2 is 1.84 bits per heavy atom. The Morgan fingerprint density at radius 1 is 1.16 bits per heavy atom. The lowest BCUT2D eigenvalue weighted by molar-refractivity contribution is 0.0704. The van der Waals surface area contributed by atoms with E-state index in [-0.39, 0.29) is 18.0 Å². The monoisotopic (exact) mass is 451 g/mol. The summed E-state index contributed by atoms with van der Waals surface area (Å²) in [6.07, 6.45) is 3.67. The van der Waals surface area contributed by atoms with Gasteiger partial charge in [0.1, 0.15) is 12.4 Å². The third-order valence-corrected chi connectivity index (χ3v) is 8.51. The van der Waals surface area contributed by atoms with Gasteiger partial charge in [0.25, 0.3) is 5.91 Å². The van der Waals surface area contributed by atoms with Crippen molar-refractivity contribution < 1.29 is 17.9 Å². The van der Waals surface area contributed by atoms with Gasteiger partial charge in [-0.05, 0) is 78.4 Å². The second-order valence-electron chi connectivity index (χ2n) is 9.98. The summed E-state index contributed by atoms with van der Waals surface area (Å²) in [6, 6.07) is 5.87. The first-order valence-corrected chi connectivity index (χ1v) is 12.8. The molecule has 1 amide bonds. The Hall–Kier alpha value is -1.80. The van der Waals surface area contributed by atoms with E-state index >= 15 is 0 Å². The minimum absolute atomic E-state index is 0.0186. The summed E-state index contributed by atoms with van der Waals surface area (Å²) in [7, 11) is -3.31. The van der Waals surface area contributed by atoms with E-state index in [1.807, 2.05) is 36.9 Å². The van der Waals surface area contributed by atoms with Crippen molar-refractivity contribution in [2.24, 2.45) is 5.92 Å². The van der Waals surface area contributed by atoms with Crippen molar-refractivity contribution in [1.82, 2.24) is 9.62 Å². The molecule has 2 aliphatic rings. The van der Waals surface area contributed by atoms with E-state index < -0.39 is 14.8 Å². The highest BCUT2D eigenvalue weighted by Gasteiger charge is 2.33. The predicted molar refractivity (Wildman–Crippen MR) is 124 cm³/mol. The van der Waals surface area contributed by atoms with Gasteiger partial charge in [-0.1, -0.05) is 0 Å². The van der Waals surface area contributed by atoms with E-state index in [0.29, 0.717) is 30.4 Å². The number of hydrogen-bond donors (Lipinski definition) is 2. The van der Waals surface area contributed by atoms with E-state index in [1.165, 1.54) is 0 Å². The molecular formula is C23H37N3O4S. The van der Waals surface area contributed by atoms with Gasteiger partial charge in [0.2, 0.25) is 10.0 Å². The van der Waals surface area contributed by atoms with Crippen molar-refractivity contribution in [1.29, 1.82) is 0 Å². The smallest absolute Gasteiger partial charge is 0.257 e. The number of nitrogens with zero attached hydrogens (tertiary/aromatic N) is 1. The predicted octanol–water partition coefficient (Wildman–Crippen LogP) is 3.62. The van der Waals surface area contributed by atoms with Gasteiger partial charge < -0.3 is 15.0 Å². The lowest BCUT2D eigenvalue weighted by Gasteiger charge is -2.31. The van der Waals surface area contributed by atoms with E-state index in [9.17, 15) is 13.2 Å². The summed E-state index contributed by atoms with van der Waals surface area (Å²) in [5, 5.41) is 3.48. The number of rotatable bonds is 6. The second kappa shape index (κ2) is 9.36. The molecule has 1 aromatic carbocycles. The Balaban J connectivity index is 1.53. The van der Waals surface area contributed by atoms with Crippen LogP contribution in [-0.4, -0.2) is 55.8 Å². The normalized spacial score (nSPS) is 22.6. The Morgan fingerprint density at radius 3 is 2.45 bits per heavy atom. The first-order chi connectivity index (χ1) is 14.5. The van der Waals surface area contributed by atoms with Crippen LogP contribution < -0.4 is 14.8 Å². The Labute approximate surface area is 187 Å². The number of amides is 1. The summed E-state index contributed by atoms with van der Waals surface area (Å²) in [6.45, 7) is 11.1. The van der Waals surface area contributed by atoms with Crippen LogP contribution in [0.3, 0.4) is 0 Å². The van der Waals surface area contributed by atoms with Crippen LogP contribution in [0.1, 0.15) is 70.7 Å². The number of ether oxygens (including phenoxy) is 1. The van der Waals surface area contributed by atoms with Gasteiger partial charge in [-0.15, -0.1) is 0 Å². The molecule has 8 heteroatoms. The number of benzene rings is 1. The summed E-state index contributed by atoms with van der Waals surface area (Å²) in [4.78, 5) is 14.6. The molecule has 31 heavy (non-hydrogen) atoms. The topological polar surface area (TPSA) is 87.7 Å². The second-order valence-corrected chi connectivity index (χ2v) is 12.5. The van der Waals surface area contributed by atoms with Gasteiger partial charge >= 0.3 is 0 Å². The molecule has 1 aromatic rings. The highest BCUT2D eigenvalue weighted by atomic mass is 32.2. The fourth-order valence-electron chi connectivity index (χ4n) is 4.07. The number of anilines is 1. The average Bonchev–Trinajstić information content (AvgIpc) is 2.85. The molecule has 2 N–H and O–H groups in total. The Kier molecular flexibility index (Phi) is 7.21. The first kappa shape index (κ1) is 23.9. The van der Waals surface area contributed by atoms with Crippen LogP contribution in [-0.2, 0) is 10.0 Å². The van der Waals surface area contributed by atoms with Crippen LogP contribution in [0, 0.1) is 5.92 Å². The third kappa shape index (κ3) is 5.71. The summed E-state index contributed by atoms with van der Waals surface area (Å²) in [5.41, 5.74) is 1.56. The maximum absolute atomic E-state index is 12.8. The third-order valence-electron chi connectivity index (χ3n) is 6.26. The molecule has 0 unspecified atom stereocenters. The van der Waals surface area contributed by atoms with Gasteiger partial charge in [-0.3, -0.25) is 4.79 Å². The zero-order chi connectivity index (χ0) is 22.8. The van der Waals surface area contributed by atoms with Crippen molar-refractivity contribution in [3.63, 3.8) is 0 Å². The fraction of sp³-hybridized carbons (Fsp3) is 0.696. The molecule has 174 valence electrons. The zero-order valence-corrected chi connectivity index (χ0v) is 20.2. The molecule has 3 rings (SSSR count). The van der Waals surface area contributed by atoms with Crippen molar-refractivity contribution >= 4 is 21.6 Å². The zero-order valence-electron chi connectivity index (χ0n) is 19.4. The van der Waals surface area contributed by atoms with Gasteiger partial charge in [0, 0.05) is 30.4 Å². The number of nitrogens with one attached hydrogen (secondary N) is 2. The SMILES string of the molecule is CC(C)N1CCOc2cc(NCC3CCC(NS(=O)(=O)C(C)(C)C)CC3)ccc2C1=O. The molecule has 0 atom stereocenters. The molecule has 1 saturated carbocycles. The van der Waals surface area contributed by atoms with Gasteiger partial charge in [-0.2, -0.15) is 0 Å². The lowest BCUT2D eigenvalue weighted by Crippen LogP contribution is -2.46. The first-order valence-electron chi connectivity index (χ1n) is 11.3. The quantitative estimate of drug-likeness (QED) is 0.690. The van der Waals surface area contributed by atoms with Crippen LogP contribution in [0.25, 0.3) is 0 Å². The Bertz CT molecular complexity index is 885. The lowest BCUT2D eigenvalue weighted by atomic mass is 9.86. The largest absolute Gasteiger partial charge is 0.491 e. The molecule has 0 aromatic heterocycles. The molecule has 0 saturated heterocycles. The molecular weight excluding hydrogens is 414 g/mol. The van der Waals surface area contributed by atoms with E-state index in [4.69, 9.17) is 4.74 Å². The molecule has 7 nitrogen and oxygen atoms in total. The van der Waals surface area contributed by atoms with Gasteiger partial charge in [0.15, 0.2) is 0 Å². The van der Waals surface area contributed by atoms with E-state index in [2.05, 4.69) is 10.0 Å². The number of carbonyl (C=O) groups is 1. The van der Waals surface area contributed by atoms with Crippen LogP contribution in [0.15, 0.2) is 18.2 Å². The van der Waals surface area contributed by atoms with Crippen molar-refractivity contribution in [3.05, 3.63) is 23.8 Å². The number of carbonyl (C=O) groups excluding carboxylic acids is 1. The van der Waals surface area contributed by atoms with Gasteiger partial charge in [-0.25, -0.2) is 13.1 Å². The summed E-state index contributed by atoms with van der Waals surface area (Å²) in [5.74, 6) is 1.15. The molecule has 1 fully saturated rings. The van der Waals surface area contributed by atoms with Crippen molar-refractivity contribution in [2.45, 2.75) is 77.1 Å². The standard InChI is InChI=1S/C23H37N3O4S/c1-16(2)26-12-13-30-21-14-19(10-11-20(21)22(26)27)24-15-17-6-8-18(9-7-17)25-31(28,29)23(3,4)5/h10-11,14,16-18,24-25H,6-9,12-13,15H2,1-5H3. The van der Waals surface area contributed by atoms with Crippen LogP contribution in [0.5, 0.6) is 5.75 Å². The molecule has 0 radical (unpaired) electrons. The fourth-order valence-corrected chi connectivity index (χ4v) is 5.10. The van der Waals surface area contributed by atoms with E-state index in [0.717, 1.165) is 37.9 Å². The van der Waals surface area contributed by atoms with Crippen molar-refractivity contribution in [3.8, 4) is 5.75 Å². The van der Waals surface area contributed by atoms with Crippen LogP contribution in [0.4, 0.5) is 5.69 Å². The molecule has 0 bridgehead atoms. The van der Waals surface area contributed by atoms with Crippen LogP contribution in [0.2, 0.25) is 0 Å². The summed E-state index contributed by atoms with van der Waals surface area (Å²) < 4.78 is 32.7. The highest BCUT2D eigenvalue weighted by Crippen LogP contribution is 2.30. The van der Waals surface area contributed by atoms with Gasteiger partial charge in [0.05, 0.1) is 16.9 Å². The van der Waals surface area contributed by atoms with Crippen molar-refractivity contribution in [2.75, 3.05) is 25.0 Å². The molecule has 1 aliphatic heterocycles. The number of hydrogen-bond acceptors (Lipinski definition) is 5. The number of sulfonamides is 1. The van der Waals surface area contributed by atoms with Crippen LogP contribution >= 0.6 is 0 Å². The minimum atomic E-state index is -3.31. The molecule has 1 heterocycles. The molecule has 1 aliphatic carbocycles. The number of fused-ring (bicyclic) bond motifs is 1. The maximum Gasteiger partial charge on any atom is 0.257 e. The summed E-state index contributed by atoms with van der Waals surface area (Å²) >= 11 is 0. The van der Waals surface area contributed by atoms with E-state index in [1.54, 1.807) is 20.8 Å². The maximum atomic E-state index is 12.8. The minimum Gasteiger partial charge on any atom is -0.491 e. The average molecular weight is 452 g/mol.